The van der Waals surface area contributed by atoms with Gasteiger partial charge in [0, 0.05) is 13.3 Å². The third kappa shape index (κ3) is 25.3. The Bertz CT molecular complexity index is 2230. The predicted molar refractivity (Wildman–Crippen MR) is 265 cm³/mol. The molecule has 11 amide bonds. The van der Waals surface area contributed by atoms with Gasteiger partial charge >= 0.3 is 23.9 Å². The van der Waals surface area contributed by atoms with Crippen molar-refractivity contribution in [2.75, 3.05) is 19.8 Å². The van der Waals surface area contributed by atoms with Crippen molar-refractivity contribution in [3.8, 4) is 0 Å². The van der Waals surface area contributed by atoms with Crippen molar-refractivity contribution in [3.05, 3.63) is 0 Å². The molecular formula is C45H73N11O23. The molecule has 0 spiro atoms. The van der Waals surface area contributed by atoms with Crippen LogP contribution >= 0.6 is 0 Å². The van der Waals surface area contributed by atoms with Gasteiger partial charge in [0.2, 0.25) is 65.0 Å². The van der Waals surface area contributed by atoms with Crippen LogP contribution in [0.3, 0.4) is 0 Å². The lowest BCUT2D eigenvalue weighted by Crippen LogP contribution is -2.63. The third-order valence-electron chi connectivity index (χ3n) is 11.4. The van der Waals surface area contributed by atoms with Gasteiger partial charge in [-0.15, -0.1) is 0 Å². The number of carboxylic acid groups (broad SMARTS) is 4. The van der Waals surface area contributed by atoms with Gasteiger partial charge in [-0.05, 0) is 39.0 Å². The first kappa shape index (κ1) is 70.9. The summed E-state index contributed by atoms with van der Waals surface area (Å²) in [5.74, 6) is -20.6. The van der Waals surface area contributed by atoms with Crippen molar-refractivity contribution in [2.45, 2.75) is 160 Å². The second-order valence-electron chi connectivity index (χ2n) is 18.4. The summed E-state index contributed by atoms with van der Waals surface area (Å²) in [6.07, 6.45) is -5.07. The van der Waals surface area contributed by atoms with E-state index in [-0.39, 0.29) is 0 Å². The molecule has 0 saturated carbocycles. The van der Waals surface area contributed by atoms with E-state index in [0.29, 0.717) is 6.42 Å². The Hall–Kier alpha value is -8.11. The monoisotopic (exact) mass is 1140 g/mol. The molecule has 0 aliphatic heterocycles. The predicted octanol–water partition coefficient (Wildman–Crippen LogP) is -8.66. The maximum atomic E-state index is 13.6. The zero-order valence-electron chi connectivity index (χ0n) is 44.4. The number of aliphatic carboxylic acids is 4. The fourth-order valence-corrected chi connectivity index (χ4v) is 6.66. The molecule has 13 atom stereocenters. The van der Waals surface area contributed by atoms with Crippen molar-refractivity contribution in [1.29, 1.82) is 0 Å². The SMILES string of the molecule is CC[C@H](C)[C@H](NC(=O)[C@H](CCC(=O)O)NC(=O)[C@H](CO)NC(=O)[C@H](CO)NC(=O)[C@@H](NC(=O)[C@H](CC(=O)O)NC(=O)[C@@H](NC(=O)[C@H](C)NC(=O)[C@H](C)NC(=O)[C@H](CC(=O)O)NC(=O)[C@H](CO)NC(C)=O)C(C)C)[C@@H](C)O)C(=O)O. The first-order valence-electron chi connectivity index (χ1n) is 24.4. The van der Waals surface area contributed by atoms with Crippen molar-refractivity contribution in [2.24, 2.45) is 11.8 Å². The highest BCUT2D eigenvalue weighted by molar-refractivity contribution is 6.00. The van der Waals surface area contributed by atoms with Crippen LogP contribution in [0.1, 0.15) is 87.5 Å². The van der Waals surface area contributed by atoms with Crippen LogP contribution in [0.15, 0.2) is 0 Å². The summed E-state index contributed by atoms with van der Waals surface area (Å²) in [5, 5.41) is 101. The number of hydrogen-bond acceptors (Lipinski definition) is 19. The van der Waals surface area contributed by atoms with Gasteiger partial charge in [0.1, 0.15) is 66.5 Å². The highest BCUT2D eigenvalue weighted by Crippen LogP contribution is 2.11. The zero-order valence-corrected chi connectivity index (χ0v) is 44.4. The van der Waals surface area contributed by atoms with E-state index in [4.69, 9.17) is 0 Å². The lowest BCUT2D eigenvalue weighted by Gasteiger charge is -2.28. The molecule has 446 valence electrons. The smallest absolute Gasteiger partial charge is 0.326 e. The van der Waals surface area contributed by atoms with E-state index >= 15 is 0 Å². The van der Waals surface area contributed by atoms with Crippen LogP contribution in [0.2, 0.25) is 0 Å². The molecule has 0 aliphatic rings. The number of carbonyl (C=O) groups is 15. The third-order valence-corrected chi connectivity index (χ3v) is 11.4. The first-order chi connectivity index (χ1) is 36.6. The topological polar surface area (TPSA) is 550 Å². The molecule has 0 aromatic carbocycles. The molecule has 34 nitrogen and oxygen atoms in total. The van der Waals surface area contributed by atoms with Gasteiger partial charge in [0.05, 0.1) is 38.8 Å². The number of amides is 11. The standard InChI is InChI=1S/C45H73N11O23/c1-9-18(4)33(45(78)79)55-37(70)23(10-11-29(62)63)49-41(74)27(15-58)52-42(75)28(16-59)53-44(77)34(21(7)60)56-39(72)25(13-31(66)67)51-43(76)32(17(2)3)54-36(69)20(6)46-35(68)19(5)47-38(71)24(12-30(64)65)50-40(73)26(14-57)48-22(8)61/h17-21,23-28,32-34,57-60H,9-16H2,1-8H3,(H,46,68)(H,47,71)(H,48,61)(H,49,74)(H,50,73)(H,51,76)(H,52,75)(H,53,77)(H,54,69)(H,55,70)(H,56,72)(H,62,63)(H,64,65)(H,66,67)(H,78,79)/t18-,19-,20-,21+,23-,24-,25-,26-,27-,28-,32-,33-,34-/m0/s1. The zero-order chi connectivity index (χ0) is 61.2. The molecule has 0 heterocycles. The highest BCUT2D eigenvalue weighted by atomic mass is 16.4. The maximum absolute atomic E-state index is 13.6. The molecule has 79 heavy (non-hydrogen) atoms. The van der Waals surface area contributed by atoms with E-state index in [1.54, 1.807) is 6.92 Å². The lowest BCUT2D eigenvalue weighted by molar-refractivity contribution is -0.144. The van der Waals surface area contributed by atoms with Crippen molar-refractivity contribution in [1.82, 2.24) is 58.5 Å². The molecule has 19 N–H and O–H groups in total. The summed E-state index contributed by atoms with van der Waals surface area (Å²) in [4.78, 5) is 190. The minimum Gasteiger partial charge on any atom is -0.481 e. The molecule has 34 heteroatoms. The Morgan fingerprint density at radius 2 is 0.709 bits per heavy atom. The first-order valence-corrected chi connectivity index (χ1v) is 24.4. The number of aliphatic hydroxyl groups excluding tert-OH is 4. The highest BCUT2D eigenvalue weighted by Gasteiger charge is 2.38. The summed E-state index contributed by atoms with van der Waals surface area (Å²) in [5.41, 5.74) is 0. The summed E-state index contributed by atoms with van der Waals surface area (Å²) >= 11 is 0. The van der Waals surface area contributed by atoms with E-state index in [1.807, 2.05) is 21.3 Å². The number of carboxylic acids is 4. The Morgan fingerprint density at radius 1 is 0.380 bits per heavy atom. The van der Waals surface area contributed by atoms with Crippen LogP contribution in [-0.4, -0.2) is 222 Å². The van der Waals surface area contributed by atoms with Gasteiger partial charge in [-0.1, -0.05) is 34.1 Å². The van der Waals surface area contributed by atoms with Crippen LogP contribution in [0.4, 0.5) is 0 Å². The molecule has 0 radical (unpaired) electrons. The van der Waals surface area contributed by atoms with Gasteiger partial charge in [0.25, 0.3) is 0 Å². The molecule has 0 rings (SSSR count). The van der Waals surface area contributed by atoms with E-state index in [0.717, 1.165) is 27.7 Å². The Morgan fingerprint density at radius 3 is 1.10 bits per heavy atom. The number of rotatable bonds is 36. The normalized spacial score (nSPS) is 15.9. The van der Waals surface area contributed by atoms with Crippen LogP contribution in [0.5, 0.6) is 0 Å². The number of aliphatic hydroxyl groups is 4. The van der Waals surface area contributed by atoms with Crippen molar-refractivity contribution < 1.29 is 113 Å². The van der Waals surface area contributed by atoms with Crippen molar-refractivity contribution in [3.63, 3.8) is 0 Å². The maximum Gasteiger partial charge on any atom is 0.326 e. The quantitative estimate of drug-likeness (QED) is 0.0277. The van der Waals surface area contributed by atoms with Crippen LogP contribution < -0.4 is 58.5 Å². The summed E-state index contributed by atoms with van der Waals surface area (Å²) in [7, 11) is 0. The second-order valence-corrected chi connectivity index (χ2v) is 18.4. The second kappa shape index (κ2) is 34.6. The molecular weight excluding hydrogens is 1060 g/mol. The molecule has 0 saturated heterocycles. The average Bonchev–Trinajstić information content (AvgIpc) is 3.35. The molecule has 0 unspecified atom stereocenters. The number of nitrogens with one attached hydrogen (secondary N) is 11. The molecule has 0 aromatic heterocycles. The number of carbonyl (C=O) groups excluding carboxylic acids is 11. The van der Waals surface area contributed by atoms with Crippen LogP contribution in [-0.2, 0) is 71.9 Å². The van der Waals surface area contributed by atoms with Gasteiger partial charge in [0.15, 0.2) is 0 Å². The lowest BCUT2D eigenvalue weighted by atomic mass is 9.98. The molecule has 0 aliphatic carbocycles. The van der Waals surface area contributed by atoms with Crippen LogP contribution in [0.25, 0.3) is 0 Å². The van der Waals surface area contributed by atoms with E-state index in [9.17, 15) is 113 Å². The van der Waals surface area contributed by atoms with Gasteiger partial charge < -0.3 is 99.3 Å². The summed E-state index contributed by atoms with van der Waals surface area (Å²) in [6, 6.07) is -19.4. The van der Waals surface area contributed by atoms with Crippen molar-refractivity contribution >= 4 is 88.9 Å². The van der Waals surface area contributed by atoms with Gasteiger partial charge in [-0.3, -0.25) is 67.1 Å². The fourth-order valence-electron chi connectivity index (χ4n) is 6.66. The summed E-state index contributed by atoms with van der Waals surface area (Å²) < 4.78 is 0. The van der Waals surface area contributed by atoms with Gasteiger partial charge in [-0.25, -0.2) is 4.79 Å². The van der Waals surface area contributed by atoms with E-state index < -0.39 is 219 Å². The summed E-state index contributed by atoms with van der Waals surface area (Å²) in [6.45, 7) is 6.80. The molecule has 0 bridgehead atoms. The Kier molecular flexibility index (Phi) is 31.1. The van der Waals surface area contributed by atoms with E-state index in [2.05, 4.69) is 37.2 Å². The molecule has 0 aromatic rings. The minimum absolute atomic E-state index is 0.290. The largest absolute Gasteiger partial charge is 0.481 e. The van der Waals surface area contributed by atoms with Gasteiger partial charge in [-0.2, -0.15) is 0 Å². The Labute approximate surface area is 451 Å². The molecule has 0 fully saturated rings. The van der Waals surface area contributed by atoms with Crippen LogP contribution in [0, 0.1) is 11.8 Å². The van der Waals surface area contributed by atoms with E-state index in [1.165, 1.54) is 20.8 Å². The number of hydrogen-bond donors (Lipinski definition) is 19. The fraction of sp³-hybridized carbons (Fsp3) is 0.667. The average molecular weight is 1140 g/mol. The minimum atomic E-state index is -2.09. The Balaban J connectivity index is 6.13.